The first-order valence-corrected chi connectivity index (χ1v) is 12.7. The van der Waals surface area contributed by atoms with Gasteiger partial charge in [-0.2, -0.15) is 0 Å². The van der Waals surface area contributed by atoms with E-state index in [1.54, 1.807) is 42.5 Å². The van der Waals surface area contributed by atoms with Crippen molar-refractivity contribution < 1.29 is 14.4 Å². The van der Waals surface area contributed by atoms with Gasteiger partial charge in [-0.05, 0) is 56.1 Å². The summed E-state index contributed by atoms with van der Waals surface area (Å²) in [4.78, 5) is 43.3. The van der Waals surface area contributed by atoms with Crippen molar-refractivity contribution in [3.05, 3.63) is 100 Å². The Morgan fingerprint density at radius 1 is 0.784 bits per heavy atom. The van der Waals surface area contributed by atoms with Crippen LogP contribution in [0.5, 0.6) is 0 Å². The summed E-state index contributed by atoms with van der Waals surface area (Å²) in [5.74, 6) is -0.604. The van der Waals surface area contributed by atoms with E-state index in [0.717, 1.165) is 45.6 Å². The summed E-state index contributed by atoms with van der Waals surface area (Å²) < 4.78 is 0. The van der Waals surface area contributed by atoms with E-state index in [2.05, 4.69) is 46.3 Å². The van der Waals surface area contributed by atoms with Gasteiger partial charge in [0.2, 0.25) is 0 Å². The van der Waals surface area contributed by atoms with Crippen LogP contribution in [0.3, 0.4) is 0 Å². The van der Waals surface area contributed by atoms with Gasteiger partial charge in [0.1, 0.15) is 0 Å². The third-order valence-electron chi connectivity index (χ3n) is 7.20. The Morgan fingerprint density at radius 2 is 1.41 bits per heavy atom. The molecule has 1 fully saturated rings. The molecule has 0 bridgehead atoms. The van der Waals surface area contributed by atoms with E-state index in [4.69, 9.17) is 0 Å². The van der Waals surface area contributed by atoms with E-state index in [1.807, 2.05) is 0 Å². The lowest BCUT2D eigenvalue weighted by Crippen LogP contribution is -2.46. The lowest BCUT2D eigenvalue weighted by molar-refractivity contribution is 0.0950. The zero-order valence-corrected chi connectivity index (χ0v) is 21.9. The van der Waals surface area contributed by atoms with E-state index in [-0.39, 0.29) is 29.9 Å². The van der Waals surface area contributed by atoms with Gasteiger partial charge < -0.3 is 10.2 Å². The molecule has 7 heteroatoms. The van der Waals surface area contributed by atoms with Crippen LogP contribution < -0.4 is 10.2 Å². The monoisotopic (exact) mass is 517 g/mol. The van der Waals surface area contributed by atoms with Gasteiger partial charge in [-0.1, -0.05) is 42.5 Å². The topological polar surface area (TPSA) is 69.7 Å². The van der Waals surface area contributed by atoms with Crippen LogP contribution in [0.4, 0.5) is 5.69 Å². The number of nitrogens with one attached hydrogen (secondary N) is 1. The van der Waals surface area contributed by atoms with Crippen LogP contribution in [0.25, 0.3) is 0 Å². The molecule has 37 heavy (non-hydrogen) atoms. The Kier molecular flexibility index (Phi) is 8.41. The molecule has 1 heterocycles. The Labute approximate surface area is 224 Å². The van der Waals surface area contributed by atoms with Crippen molar-refractivity contribution in [3.8, 4) is 0 Å². The number of carbonyl (C=O) groups excluding carboxylic acids is 3. The number of hydrogen-bond donors (Lipinski definition) is 1. The van der Waals surface area contributed by atoms with Crippen molar-refractivity contribution in [1.82, 2.24) is 10.2 Å². The summed E-state index contributed by atoms with van der Waals surface area (Å²) in [6.45, 7) is 7.92. The summed E-state index contributed by atoms with van der Waals surface area (Å²) in [5.41, 5.74) is 4.53. The lowest BCUT2D eigenvalue weighted by Gasteiger charge is -2.36. The second-order valence-electron chi connectivity index (χ2n) is 9.54. The fraction of sp³-hybridized carbons (Fsp3) is 0.300. The van der Waals surface area contributed by atoms with Crippen molar-refractivity contribution in [2.24, 2.45) is 0 Å². The maximum Gasteiger partial charge on any atom is 0.251 e. The Morgan fingerprint density at radius 3 is 2.11 bits per heavy atom. The summed E-state index contributed by atoms with van der Waals surface area (Å²) in [5, 5.41) is 2.96. The molecular formula is C30H32ClN3O3. The Hall–Kier alpha value is -3.48. The van der Waals surface area contributed by atoms with Crippen LogP contribution in [-0.4, -0.2) is 61.6 Å². The highest BCUT2D eigenvalue weighted by Gasteiger charge is 2.29. The maximum atomic E-state index is 12.9. The molecule has 0 spiro atoms. The number of fused-ring (bicyclic) bond motifs is 2. The minimum Gasteiger partial charge on any atom is -0.369 e. The fourth-order valence-electron chi connectivity index (χ4n) is 5.14. The first-order chi connectivity index (χ1) is 17.5. The highest BCUT2D eigenvalue weighted by molar-refractivity contribution is 6.28. The molecule has 0 unspecified atom stereocenters. The molecule has 6 nitrogen and oxygen atoms in total. The summed E-state index contributed by atoms with van der Waals surface area (Å²) in [7, 11) is 0. The predicted octanol–water partition coefficient (Wildman–Crippen LogP) is 4.52. The van der Waals surface area contributed by atoms with Crippen LogP contribution >= 0.6 is 12.4 Å². The molecule has 0 saturated carbocycles. The van der Waals surface area contributed by atoms with Gasteiger partial charge in [0.15, 0.2) is 11.6 Å². The molecule has 5 rings (SSSR count). The van der Waals surface area contributed by atoms with Crippen LogP contribution in [0.2, 0.25) is 0 Å². The third-order valence-corrected chi connectivity index (χ3v) is 7.20. The van der Waals surface area contributed by atoms with Crippen molar-refractivity contribution in [2.75, 3.05) is 44.2 Å². The number of anilines is 1. The normalized spacial score (nSPS) is 15.0. The average Bonchev–Trinajstić information content (AvgIpc) is 2.92. The average molecular weight is 518 g/mol. The number of halogens is 1. The Balaban J connectivity index is 0.00000320. The minimum atomic E-state index is -0.219. The van der Waals surface area contributed by atoms with Crippen molar-refractivity contribution in [3.63, 3.8) is 0 Å². The zero-order chi connectivity index (χ0) is 25.1. The number of amides is 1. The number of aryl methyl sites for hydroxylation is 1. The predicted molar refractivity (Wildman–Crippen MR) is 148 cm³/mol. The van der Waals surface area contributed by atoms with Gasteiger partial charge in [-0.3, -0.25) is 19.3 Å². The maximum absolute atomic E-state index is 12.9. The molecule has 0 radical (unpaired) electrons. The fourth-order valence-corrected chi connectivity index (χ4v) is 5.14. The number of para-hydroxylation sites is 1. The highest BCUT2D eigenvalue weighted by atomic mass is 35.5. The van der Waals surface area contributed by atoms with Gasteiger partial charge in [0.25, 0.3) is 5.91 Å². The first kappa shape index (κ1) is 26.6. The van der Waals surface area contributed by atoms with Crippen LogP contribution in [0.15, 0.2) is 66.7 Å². The third kappa shape index (κ3) is 5.60. The molecule has 1 saturated heterocycles. The van der Waals surface area contributed by atoms with Gasteiger partial charge in [0, 0.05) is 66.2 Å². The second kappa shape index (κ2) is 11.7. The Bertz CT molecular complexity index is 1310. The largest absolute Gasteiger partial charge is 0.369 e. The summed E-state index contributed by atoms with van der Waals surface area (Å²) in [6.07, 6.45) is 1.90. The van der Waals surface area contributed by atoms with Crippen LogP contribution in [0.1, 0.15) is 60.6 Å². The standard InChI is InChI=1S/C30H31N3O3.ClH/c1-21-8-2-5-11-27(21)33-18-16-32(17-19-33)15-7-6-14-31-30(36)22-12-13-25-26(20-22)29(35)24-10-4-3-9-23(24)28(25)34;/h2-5,8-13,20H,6-7,14-19H2,1H3,(H,31,36);1H. The quantitative estimate of drug-likeness (QED) is 0.365. The number of rotatable bonds is 7. The molecule has 3 aromatic rings. The van der Waals surface area contributed by atoms with Gasteiger partial charge in [0.05, 0.1) is 0 Å². The molecule has 2 aliphatic rings. The number of carbonyl (C=O) groups is 3. The number of piperazine rings is 1. The highest BCUT2D eigenvalue weighted by Crippen LogP contribution is 2.28. The van der Waals surface area contributed by atoms with Gasteiger partial charge in [-0.25, -0.2) is 0 Å². The minimum absolute atomic E-state index is 0. The summed E-state index contributed by atoms with van der Waals surface area (Å²) in [6, 6.07) is 20.1. The summed E-state index contributed by atoms with van der Waals surface area (Å²) >= 11 is 0. The van der Waals surface area contributed by atoms with E-state index in [0.29, 0.717) is 34.4 Å². The molecule has 0 aromatic heterocycles. The number of ketones is 2. The molecule has 192 valence electrons. The van der Waals surface area contributed by atoms with E-state index < -0.39 is 0 Å². The molecule has 1 N–H and O–H groups in total. The first-order valence-electron chi connectivity index (χ1n) is 12.7. The van der Waals surface area contributed by atoms with E-state index in [9.17, 15) is 14.4 Å². The second-order valence-corrected chi connectivity index (χ2v) is 9.54. The van der Waals surface area contributed by atoms with E-state index >= 15 is 0 Å². The van der Waals surface area contributed by atoms with Crippen molar-refractivity contribution in [2.45, 2.75) is 19.8 Å². The van der Waals surface area contributed by atoms with Crippen LogP contribution in [-0.2, 0) is 0 Å². The number of unbranched alkanes of at least 4 members (excludes halogenated alkanes) is 1. The molecule has 3 aromatic carbocycles. The molecule has 0 atom stereocenters. The van der Waals surface area contributed by atoms with E-state index in [1.165, 1.54) is 11.3 Å². The SMILES string of the molecule is Cc1ccccc1N1CCN(CCCCNC(=O)c2ccc3c(c2)C(=O)c2ccccc2C3=O)CC1.Cl. The van der Waals surface area contributed by atoms with Crippen molar-refractivity contribution in [1.29, 1.82) is 0 Å². The zero-order valence-electron chi connectivity index (χ0n) is 21.0. The smallest absolute Gasteiger partial charge is 0.251 e. The lowest BCUT2D eigenvalue weighted by atomic mass is 9.83. The van der Waals surface area contributed by atoms with Gasteiger partial charge in [-0.15, -0.1) is 12.4 Å². The molecule has 1 amide bonds. The molecular weight excluding hydrogens is 486 g/mol. The number of nitrogens with zero attached hydrogens (tertiary/aromatic N) is 2. The molecule has 1 aliphatic carbocycles. The molecule has 1 aliphatic heterocycles. The van der Waals surface area contributed by atoms with Gasteiger partial charge >= 0.3 is 0 Å². The number of hydrogen-bond acceptors (Lipinski definition) is 5. The number of benzene rings is 3. The van der Waals surface area contributed by atoms with Crippen molar-refractivity contribution >= 4 is 35.6 Å². The van der Waals surface area contributed by atoms with Crippen LogP contribution in [0, 0.1) is 6.92 Å².